The zero-order chi connectivity index (χ0) is 13.5. The highest BCUT2D eigenvalue weighted by Crippen LogP contribution is 2.15. The fraction of sp³-hybridized carbons (Fsp3) is 0.833. The number of carbonyl (C=O) groups excluding carboxylic acids is 1. The van der Waals surface area contributed by atoms with Gasteiger partial charge in [-0.05, 0) is 48.7 Å². The molecule has 1 aromatic rings. The molecule has 1 fully saturated rings. The highest BCUT2D eigenvalue weighted by Gasteiger charge is 2.15. The predicted octanol–water partition coefficient (Wildman–Crippen LogP) is -0.0887. The number of likely N-dealkylation sites (tertiary alicyclic amines) is 1. The molecular formula is C12H22N6O. The van der Waals surface area contributed by atoms with Gasteiger partial charge in [0.2, 0.25) is 5.91 Å². The molecule has 2 heterocycles. The summed E-state index contributed by atoms with van der Waals surface area (Å²) in [6.07, 6.45) is 5.08. The van der Waals surface area contributed by atoms with Crippen LogP contribution in [0.4, 0.5) is 0 Å². The summed E-state index contributed by atoms with van der Waals surface area (Å²) >= 11 is 0. The maximum atomic E-state index is 11.6. The molecule has 0 spiro atoms. The van der Waals surface area contributed by atoms with Crippen LogP contribution in [0, 0.1) is 5.92 Å². The topological polar surface area (TPSA) is 75.9 Å². The van der Waals surface area contributed by atoms with Gasteiger partial charge in [0.1, 0.15) is 12.9 Å². The van der Waals surface area contributed by atoms with Gasteiger partial charge in [-0.15, -0.1) is 5.10 Å². The average Bonchev–Trinajstić information content (AvgIpc) is 2.87. The Bertz CT molecular complexity index is 380. The number of amides is 1. The first-order chi connectivity index (χ1) is 9.24. The van der Waals surface area contributed by atoms with E-state index >= 15 is 0 Å². The molecule has 0 aromatic carbocycles. The van der Waals surface area contributed by atoms with Crippen molar-refractivity contribution in [2.45, 2.75) is 32.7 Å². The van der Waals surface area contributed by atoms with Crippen LogP contribution in [0.2, 0.25) is 0 Å². The van der Waals surface area contributed by atoms with Crippen molar-refractivity contribution in [3.63, 3.8) is 0 Å². The van der Waals surface area contributed by atoms with Crippen LogP contribution in [0.1, 0.15) is 26.2 Å². The molecule has 0 radical (unpaired) electrons. The summed E-state index contributed by atoms with van der Waals surface area (Å²) in [6.45, 7) is 6.66. The SMILES string of the molecule is CC1CCCN(CCCNC(=O)Cn2cnnn2)C1. The van der Waals surface area contributed by atoms with Crippen molar-refractivity contribution in [1.29, 1.82) is 0 Å². The molecule has 19 heavy (non-hydrogen) atoms. The summed E-state index contributed by atoms with van der Waals surface area (Å²) < 4.78 is 1.42. The Kier molecular flexibility index (Phi) is 5.26. The lowest BCUT2D eigenvalue weighted by molar-refractivity contribution is -0.121. The van der Waals surface area contributed by atoms with Gasteiger partial charge in [-0.1, -0.05) is 6.92 Å². The molecule has 1 aliphatic rings. The van der Waals surface area contributed by atoms with Crippen LogP contribution in [0.25, 0.3) is 0 Å². The van der Waals surface area contributed by atoms with E-state index in [1.807, 2.05) is 0 Å². The third kappa shape index (κ3) is 4.94. The molecule has 1 aromatic heterocycles. The van der Waals surface area contributed by atoms with Crippen molar-refractivity contribution in [2.24, 2.45) is 5.92 Å². The van der Waals surface area contributed by atoms with Crippen LogP contribution in [-0.4, -0.2) is 57.2 Å². The van der Waals surface area contributed by atoms with Gasteiger partial charge in [0.25, 0.3) is 0 Å². The molecular weight excluding hydrogens is 244 g/mol. The third-order valence-corrected chi connectivity index (χ3v) is 3.41. The van der Waals surface area contributed by atoms with E-state index in [2.05, 4.69) is 32.7 Å². The molecule has 1 aliphatic heterocycles. The van der Waals surface area contributed by atoms with E-state index in [0.717, 1.165) is 18.9 Å². The Balaban J connectivity index is 1.55. The Morgan fingerprint density at radius 3 is 3.16 bits per heavy atom. The molecule has 7 nitrogen and oxygen atoms in total. The quantitative estimate of drug-likeness (QED) is 0.728. The summed E-state index contributed by atoms with van der Waals surface area (Å²) in [5, 5.41) is 13.5. The van der Waals surface area contributed by atoms with Crippen molar-refractivity contribution in [3.8, 4) is 0 Å². The number of piperidine rings is 1. The number of hydrogen-bond acceptors (Lipinski definition) is 5. The van der Waals surface area contributed by atoms with Gasteiger partial charge in [0, 0.05) is 13.1 Å². The fourth-order valence-electron chi connectivity index (χ4n) is 2.48. The zero-order valence-corrected chi connectivity index (χ0v) is 11.5. The minimum Gasteiger partial charge on any atom is -0.354 e. The first-order valence-corrected chi connectivity index (χ1v) is 6.94. The van der Waals surface area contributed by atoms with E-state index in [4.69, 9.17) is 0 Å². The first kappa shape index (κ1) is 13.9. The second-order valence-corrected chi connectivity index (χ2v) is 5.26. The Hall–Kier alpha value is -1.50. The maximum absolute atomic E-state index is 11.6. The molecule has 1 amide bonds. The number of nitrogens with zero attached hydrogens (tertiary/aromatic N) is 5. The van der Waals surface area contributed by atoms with E-state index < -0.39 is 0 Å². The van der Waals surface area contributed by atoms with Gasteiger partial charge in [0.05, 0.1) is 0 Å². The van der Waals surface area contributed by atoms with Crippen molar-refractivity contribution < 1.29 is 4.79 Å². The number of hydrogen-bond donors (Lipinski definition) is 1. The number of nitrogens with one attached hydrogen (secondary N) is 1. The summed E-state index contributed by atoms with van der Waals surface area (Å²) in [7, 11) is 0. The van der Waals surface area contributed by atoms with Crippen LogP contribution in [0.15, 0.2) is 6.33 Å². The highest BCUT2D eigenvalue weighted by atomic mass is 16.2. The monoisotopic (exact) mass is 266 g/mol. The van der Waals surface area contributed by atoms with Crippen molar-refractivity contribution in [3.05, 3.63) is 6.33 Å². The van der Waals surface area contributed by atoms with Gasteiger partial charge >= 0.3 is 0 Å². The van der Waals surface area contributed by atoms with Crippen LogP contribution < -0.4 is 5.32 Å². The van der Waals surface area contributed by atoms with Crippen molar-refractivity contribution in [1.82, 2.24) is 30.4 Å². The van der Waals surface area contributed by atoms with Gasteiger partial charge in [-0.3, -0.25) is 4.79 Å². The number of aromatic nitrogens is 4. The van der Waals surface area contributed by atoms with E-state index in [9.17, 15) is 4.79 Å². The van der Waals surface area contributed by atoms with Crippen LogP contribution in [0.5, 0.6) is 0 Å². The van der Waals surface area contributed by atoms with Gasteiger partial charge in [-0.2, -0.15) is 0 Å². The lowest BCUT2D eigenvalue weighted by Crippen LogP contribution is -2.37. The Labute approximate surface area is 113 Å². The minimum absolute atomic E-state index is 0.0423. The minimum atomic E-state index is -0.0423. The molecule has 0 bridgehead atoms. The van der Waals surface area contributed by atoms with E-state index in [1.54, 1.807) is 0 Å². The lowest BCUT2D eigenvalue weighted by Gasteiger charge is -2.30. The third-order valence-electron chi connectivity index (χ3n) is 3.41. The van der Waals surface area contributed by atoms with Crippen LogP contribution in [0.3, 0.4) is 0 Å². The normalized spacial score (nSPS) is 20.4. The molecule has 1 unspecified atom stereocenters. The molecule has 106 valence electrons. The molecule has 0 aliphatic carbocycles. The summed E-state index contributed by atoms with van der Waals surface area (Å²) in [5.41, 5.74) is 0. The predicted molar refractivity (Wildman–Crippen MR) is 70.3 cm³/mol. The van der Waals surface area contributed by atoms with Gasteiger partial charge in [-0.25, -0.2) is 4.68 Å². The molecule has 1 N–H and O–H groups in total. The van der Waals surface area contributed by atoms with E-state index in [-0.39, 0.29) is 12.5 Å². The van der Waals surface area contributed by atoms with Crippen LogP contribution in [-0.2, 0) is 11.3 Å². The highest BCUT2D eigenvalue weighted by molar-refractivity contribution is 5.75. The fourth-order valence-corrected chi connectivity index (χ4v) is 2.48. The van der Waals surface area contributed by atoms with Crippen molar-refractivity contribution >= 4 is 5.91 Å². The average molecular weight is 266 g/mol. The number of tetrazole rings is 1. The summed E-state index contributed by atoms with van der Waals surface area (Å²) in [5.74, 6) is 0.766. The van der Waals surface area contributed by atoms with E-state index in [1.165, 1.54) is 36.9 Å². The van der Waals surface area contributed by atoms with Gasteiger partial charge in [0.15, 0.2) is 0 Å². The van der Waals surface area contributed by atoms with Gasteiger partial charge < -0.3 is 10.2 Å². The second-order valence-electron chi connectivity index (χ2n) is 5.26. The second kappa shape index (κ2) is 7.18. The Morgan fingerprint density at radius 1 is 1.53 bits per heavy atom. The smallest absolute Gasteiger partial charge is 0.241 e. The van der Waals surface area contributed by atoms with E-state index in [0.29, 0.717) is 6.54 Å². The number of carbonyl (C=O) groups is 1. The number of rotatable bonds is 6. The summed E-state index contributed by atoms with van der Waals surface area (Å²) in [4.78, 5) is 14.1. The zero-order valence-electron chi connectivity index (χ0n) is 11.5. The largest absolute Gasteiger partial charge is 0.354 e. The Morgan fingerprint density at radius 2 is 2.42 bits per heavy atom. The molecule has 0 saturated carbocycles. The molecule has 1 atom stereocenters. The lowest BCUT2D eigenvalue weighted by atomic mass is 10.0. The maximum Gasteiger partial charge on any atom is 0.241 e. The molecule has 2 rings (SSSR count). The van der Waals surface area contributed by atoms with Crippen molar-refractivity contribution in [2.75, 3.05) is 26.2 Å². The van der Waals surface area contributed by atoms with Crippen LogP contribution >= 0.6 is 0 Å². The summed E-state index contributed by atoms with van der Waals surface area (Å²) in [6, 6.07) is 0. The first-order valence-electron chi connectivity index (χ1n) is 6.94. The standard InChI is InChI=1S/C12H22N6O/c1-11-4-2-6-17(8-11)7-3-5-13-12(19)9-18-10-14-15-16-18/h10-11H,2-9H2,1H3,(H,13,19). The molecule has 1 saturated heterocycles. The molecule has 7 heteroatoms.